The number of rotatable bonds is 3. The van der Waals surface area contributed by atoms with Crippen LogP contribution in [-0.2, 0) is 0 Å². The van der Waals surface area contributed by atoms with Crippen LogP contribution in [0.5, 0.6) is 0 Å². The lowest BCUT2D eigenvalue weighted by Crippen LogP contribution is -2.40. The van der Waals surface area contributed by atoms with Gasteiger partial charge in [0.05, 0.1) is 11.3 Å². The second-order valence-corrected chi connectivity index (χ2v) is 5.27. The maximum absolute atomic E-state index is 10.4. The molecule has 4 heteroatoms. The van der Waals surface area contributed by atoms with Crippen molar-refractivity contribution in [2.24, 2.45) is 5.92 Å². The third-order valence-electron chi connectivity index (χ3n) is 3.73. The fourth-order valence-electron chi connectivity index (χ4n) is 2.37. The molecule has 1 saturated carbocycles. The minimum absolute atomic E-state index is 0.380. The second-order valence-electron chi connectivity index (χ2n) is 5.27. The molecule has 0 bridgehead atoms. The topological polar surface area (TPSA) is 68.9 Å². The molecule has 0 atom stereocenters. The van der Waals surface area contributed by atoms with E-state index in [1.807, 2.05) is 12.1 Å². The van der Waals surface area contributed by atoms with Gasteiger partial charge in [-0.3, -0.25) is 0 Å². The monoisotopic (exact) mass is 245 g/mol. The third-order valence-corrected chi connectivity index (χ3v) is 3.73. The summed E-state index contributed by atoms with van der Waals surface area (Å²) >= 11 is 0. The van der Waals surface area contributed by atoms with Gasteiger partial charge in [-0.2, -0.15) is 5.26 Å². The van der Waals surface area contributed by atoms with Gasteiger partial charge >= 0.3 is 0 Å². The molecule has 0 unspecified atom stereocenters. The molecule has 0 aromatic carbocycles. The maximum Gasteiger partial charge on any atom is 0.163 e. The van der Waals surface area contributed by atoms with Crippen LogP contribution in [0.15, 0.2) is 18.3 Å². The SMILES string of the molecule is CC1CCC(O)(CNc2cccnc2C#N)CC1. The van der Waals surface area contributed by atoms with Crippen molar-refractivity contribution in [3.8, 4) is 6.07 Å². The first kappa shape index (κ1) is 12.8. The summed E-state index contributed by atoms with van der Waals surface area (Å²) in [6.45, 7) is 2.71. The van der Waals surface area contributed by atoms with Gasteiger partial charge in [-0.15, -0.1) is 0 Å². The molecule has 18 heavy (non-hydrogen) atoms. The van der Waals surface area contributed by atoms with Crippen molar-refractivity contribution in [1.29, 1.82) is 5.26 Å². The van der Waals surface area contributed by atoms with Gasteiger partial charge in [-0.25, -0.2) is 4.98 Å². The number of hydrogen-bond donors (Lipinski definition) is 2. The zero-order valence-corrected chi connectivity index (χ0v) is 10.7. The van der Waals surface area contributed by atoms with E-state index in [1.165, 1.54) is 0 Å². The Kier molecular flexibility index (Phi) is 3.83. The van der Waals surface area contributed by atoms with E-state index in [0.717, 1.165) is 25.7 Å². The summed E-state index contributed by atoms with van der Waals surface area (Å²) in [4.78, 5) is 3.99. The maximum atomic E-state index is 10.4. The van der Waals surface area contributed by atoms with Gasteiger partial charge in [-0.1, -0.05) is 6.92 Å². The highest BCUT2D eigenvalue weighted by atomic mass is 16.3. The number of pyridine rings is 1. The molecular weight excluding hydrogens is 226 g/mol. The van der Waals surface area contributed by atoms with Crippen LogP contribution >= 0.6 is 0 Å². The van der Waals surface area contributed by atoms with Gasteiger partial charge in [0.15, 0.2) is 5.69 Å². The molecule has 0 radical (unpaired) electrons. The van der Waals surface area contributed by atoms with Crippen molar-refractivity contribution in [2.75, 3.05) is 11.9 Å². The summed E-state index contributed by atoms with van der Waals surface area (Å²) in [5, 5.41) is 22.5. The van der Waals surface area contributed by atoms with Crippen LogP contribution in [-0.4, -0.2) is 22.2 Å². The second kappa shape index (κ2) is 5.36. The number of aliphatic hydroxyl groups is 1. The smallest absolute Gasteiger partial charge is 0.163 e. The number of aromatic nitrogens is 1. The summed E-state index contributed by atoms with van der Waals surface area (Å²) in [6, 6.07) is 5.66. The average molecular weight is 245 g/mol. The first-order valence-electron chi connectivity index (χ1n) is 6.44. The van der Waals surface area contributed by atoms with Crippen molar-refractivity contribution in [2.45, 2.75) is 38.2 Å². The van der Waals surface area contributed by atoms with Gasteiger partial charge in [-0.05, 0) is 43.7 Å². The highest BCUT2D eigenvalue weighted by molar-refractivity contribution is 5.53. The first-order chi connectivity index (χ1) is 8.63. The predicted octanol–water partition coefficient (Wildman–Crippen LogP) is 2.31. The molecule has 0 spiro atoms. The number of nitrogens with one attached hydrogen (secondary N) is 1. The Balaban J connectivity index is 1.97. The molecule has 4 nitrogen and oxygen atoms in total. The van der Waals surface area contributed by atoms with Gasteiger partial charge in [0.1, 0.15) is 6.07 Å². The lowest BCUT2D eigenvalue weighted by molar-refractivity contribution is 0.00500. The minimum atomic E-state index is -0.644. The normalized spacial score (nSPS) is 27.5. The summed E-state index contributed by atoms with van der Waals surface area (Å²) in [7, 11) is 0. The minimum Gasteiger partial charge on any atom is -0.388 e. The van der Waals surface area contributed by atoms with E-state index in [4.69, 9.17) is 5.26 Å². The quantitative estimate of drug-likeness (QED) is 0.857. The Morgan fingerprint density at radius 2 is 2.28 bits per heavy atom. The van der Waals surface area contributed by atoms with Crippen molar-refractivity contribution < 1.29 is 5.11 Å². The molecule has 0 aliphatic heterocycles. The summed E-state index contributed by atoms with van der Waals surface area (Å²) in [5.41, 5.74) is 0.437. The fourth-order valence-corrected chi connectivity index (χ4v) is 2.37. The largest absolute Gasteiger partial charge is 0.388 e. The molecule has 1 fully saturated rings. The molecule has 1 aliphatic rings. The lowest BCUT2D eigenvalue weighted by atomic mass is 9.79. The molecule has 96 valence electrons. The van der Waals surface area contributed by atoms with Gasteiger partial charge in [0.25, 0.3) is 0 Å². The van der Waals surface area contributed by atoms with E-state index in [1.54, 1.807) is 12.3 Å². The van der Waals surface area contributed by atoms with Crippen LogP contribution in [0.25, 0.3) is 0 Å². The van der Waals surface area contributed by atoms with Crippen LogP contribution in [0.4, 0.5) is 5.69 Å². The Hall–Kier alpha value is -1.60. The molecule has 1 aliphatic carbocycles. The number of anilines is 1. The predicted molar refractivity (Wildman–Crippen MR) is 70.0 cm³/mol. The summed E-state index contributed by atoms with van der Waals surface area (Å²) < 4.78 is 0. The van der Waals surface area contributed by atoms with Crippen LogP contribution < -0.4 is 5.32 Å². The van der Waals surface area contributed by atoms with Gasteiger partial charge in [0.2, 0.25) is 0 Å². The molecule has 2 rings (SSSR count). The third kappa shape index (κ3) is 2.99. The van der Waals surface area contributed by atoms with Gasteiger partial charge < -0.3 is 10.4 Å². The first-order valence-corrected chi connectivity index (χ1v) is 6.44. The molecule has 1 heterocycles. The van der Waals surface area contributed by atoms with Crippen molar-refractivity contribution in [3.05, 3.63) is 24.0 Å². The van der Waals surface area contributed by atoms with Crippen LogP contribution in [0.2, 0.25) is 0 Å². The molecular formula is C14H19N3O. The Labute approximate surface area is 108 Å². The average Bonchev–Trinajstić information content (AvgIpc) is 2.41. The molecule has 1 aromatic rings. The summed E-state index contributed by atoms with van der Waals surface area (Å²) in [5.74, 6) is 0.707. The zero-order valence-electron chi connectivity index (χ0n) is 10.7. The highest BCUT2D eigenvalue weighted by Gasteiger charge is 2.31. The Morgan fingerprint density at radius 3 is 2.94 bits per heavy atom. The fraction of sp³-hybridized carbons (Fsp3) is 0.571. The molecule has 0 saturated heterocycles. The Morgan fingerprint density at radius 1 is 1.56 bits per heavy atom. The zero-order chi connectivity index (χ0) is 13.0. The Bertz CT molecular complexity index is 445. The van der Waals surface area contributed by atoms with Crippen molar-refractivity contribution >= 4 is 5.69 Å². The van der Waals surface area contributed by atoms with Gasteiger partial charge in [0, 0.05) is 12.7 Å². The highest BCUT2D eigenvalue weighted by Crippen LogP contribution is 2.32. The van der Waals surface area contributed by atoms with Crippen molar-refractivity contribution in [1.82, 2.24) is 4.98 Å². The number of nitrogens with zero attached hydrogens (tertiary/aromatic N) is 2. The van der Waals surface area contributed by atoms with Crippen molar-refractivity contribution in [3.63, 3.8) is 0 Å². The lowest BCUT2D eigenvalue weighted by Gasteiger charge is -2.35. The van der Waals surface area contributed by atoms with E-state index < -0.39 is 5.60 Å². The summed E-state index contributed by atoms with van der Waals surface area (Å²) in [6.07, 6.45) is 5.38. The number of nitriles is 1. The van der Waals surface area contributed by atoms with E-state index in [-0.39, 0.29) is 0 Å². The molecule has 2 N–H and O–H groups in total. The van der Waals surface area contributed by atoms with E-state index in [2.05, 4.69) is 17.2 Å². The number of hydrogen-bond acceptors (Lipinski definition) is 4. The van der Waals surface area contributed by atoms with E-state index in [0.29, 0.717) is 23.8 Å². The standard InChI is InChI=1S/C14H19N3O/c1-11-4-6-14(18,7-5-11)10-17-12-3-2-8-16-13(12)9-15/h2-3,8,11,17-18H,4-7,10H2,1H3. The van der Waals surface area contributed by atoms with Crippen LogP contribution in [0.1, 0.15) is 38.3 Å². The van der Waals surface area contributed by atoms with E-state index in [9.17, 15) is 5.11 Å². The van der Waals surface area contributed by atoms with E-state index >= 15 is 0 Å². The molecule has 0 amide bonds. The van der Waals surface area contributed by atoms with Crippen LogP contribution in [0, 0.1) is 17.2 Å². The molecule has 1 aromatic heterocycles. The van der Waals surface area contributed by atoms with Crippen LogP contribution in [0.3, 0.4) is 0 Å².